The summed E-state index contributed by atoms with van der Waals surface area (Å²) in [5.74, 6) is -1.10. The van der Waals surface area contributed by atoms with Gasteiger partial charge in [-0.15, -0.1) is 0 Å². The van der Waals surface area contributed by atoms with Crippen LogP contribution in [0, 0.1) is 5.92 Å². The summed E-state index contributed by atoms with van der Waals surface area (Å²) < 4.78 is 32.8. The lowest BCUT2D eigenvalue weighted by atomic mass is 10.1. The zero-order chi connectivity index (χ0) is 15.6. The number of halogens is 1. The third-order valence-corrected chi connectivity index (χ3v) is 5.68. The molecule has 0 spiro atoms. The number of nitrogens with one attached hydrogen (secondary N) is 1. The Bertz CT molecular complexity index is 646. The van der Waals surface area contributed by atoms with E-state index in [-0.39, 0.29) is 4.90 Å². The van der Waals surface area contributed by atoms with Crippen molar-refractivity contribution in [2.75, 3.05) is 7.11 Å². The number of carbonyl (C=O) groups is 1. The fourth-order valence-electron chi connectivity index (χ4n) is 2.48. The van der Waals surface area contributed by atoms with Crippen molar-refractivity contribution in [3.05, 3.63) is 22.7 Å². The number of methoxy groups -OCH3 is 1. The Labute approximate surface area is 131 Å². The summed E-state index contributed by atoms with van der Waals surface area (Å²) in [5.41, 5.74) is 0. The van der Waals surface area contributed by atoms with Crippen LogP contribution in [0.15, 0.2) is 27.6 Å². The highest BCUT2D eigenvalue weighted by Gasteiger charge is 2.35. The Morgan fingerprint density at radius 3 is 2.71 bits per heavy atom. The van der Waals surface area contributed by atoms with Crippen LogP contribution in [0.3, 0.4) is 0 Å². The van der Waals surface area contributed by atoms with Crippen molar-refractivity contribution in [2.24, 2.45) is 5.92 Å². The molecular formula is C13H16BrNO5S. The molecule has 1 fully saturated rings. The van der Waals surface area contributed by atoms with Crippen LogP contribution in [0.5, 0.6) is 5.75 Å². The van der Waals surface area contributed by atoms with Crippen LogP contribution >= 0.6 is 15.9 Å². The molecule has 0 aliphatic heterocycles. The molecular weight excluding hydrogens is 362 g/mol. The van der Waals surface area contributed by atoms with E-state index in [0.717, 1.165) is 0 Å². The highest BCUT2D eigenvalue weighted by Crippen LogP contribution is 2.30. The zero-order valence-electron chi connectivity index (χ0n) is 11.4. The normalized spacial score (nSPS) is 22.2. The third kappa shape index (κ3) is 3.56. The van der Waals surface area contributed by atoms with Gasteiger partial charge in [-0.25, -0.2) is 13.1 Å². The standard InChI is InChI=1S/C13H16BrNO5S/c1-20-12-6-5-8(7-10(12)14)21(18,19)15-11-4-2-3-9(11)13(16)17/h5-7,9,11,15H,2-4H2,1H3,(H,16,17). The predicted molar refractivity (Wildman–Crippen MR) is 79.8 cm³/mol. The second kappa shape index (κ2) is 6.33. The van der Waals surface area contributed by atoms with E-state index in [1.165, 1.54) is 19.2 Å². The number of carboxylic acids is 1. The third-order valence-electron chi connectivity index (χ3n) is 3.57. The number of sulfonamides is 1. The van der Waals surface area contributed by atoms with Crippen LogP contribution in [0.25, 0.3) is 0 Å². The molecule has 1 aliphatic carbocycles. The summed E-state index contributed by atoms with van der Waals surface area (Å²) in [6.07, 6.45) is 1.73. The van der Waals surface area contributed by atoms with Crippen LogP contribution in [-0.2, 0) is 14.8 Å². The van der Waals surface area contributed by atoms with E-state index in [1.54, 1.807) is 6.07 Å². The Balaban J connectivity index is 2.22. The smallest absolute Gasteiger partial charge is 0.308 e. The maximum absolute atomic E-state index is 12.3. The maximum atomic E-state index is 12.3. The molecule has 21 heavy (non-hydrogen) atoms. The van der Waals surface area contributed by atoms with Crippen molar-refractivity contribution in [1.82, 2.24) is 4.72 Å². The first kappa shape index (κ1) is 16.3. The van der Waals surface area contributed by atoms with Crippen LogP contribution in [0.4, 0.5) is 0 Å². The van der Waals surface area contributed by atoms with Gasteiger partial charge in [-0.2, -0.15) is 0 Å². The van der Waals surface area contributed by atoms with Crippen LogP contribution in [-0.4, -0.2) is 32.6 Å². The molecule has 2 atom stereocenters. The van der Waals surface area contributed by atoms with E-state index in [4.69, 9.17) is 9.84 Å². The summed E-state index contributed by atoms with van der Waals surface area (Å²) in [4.78, 5) is 11.2. The van der Waals surface area contributed by atoms with Crippen molar-refractivity contribution >= 4 is 31.9 Å². The van der Waals surface area contributed by atoms with E-state index in [2.05, 4.69) is 20.7 Å². The molecule has 1 aromatic rings. The van der Waals surface area contributed by atoms with E-state index < -0.39 is 28.0 Å². The molecule has 1 saturated carbocycles. The van der Waals surface area contributed by atoms with E-state index in [1.807, 2.05) is 0 Å². The lowest BCUT2D eigenvalue weighted by Gasteiger charge is -2.18. The molecule has 0 saturated heterocycles. The summed E-state index contributed by atoms with van der Waals surface area (Å²) in [5, 5.41) is 9.10. The van der Waals surface area contributed by atoms with Gasteiger partial charge in [0.2, 0.25) is 10.0 Å². The minimum Gasteiger partial charge on any atom is -0.496 e. The van der Waals surface area contributed by atoms with Gasteiger partial charge in [0.25, 0.3) is 0 Å². The van der Waals surface area contributed by atoms with Gasteiger partial charge in [0.05, 0.1) is 22.4 Å². The number of carboxylic acid groups (broad SMARTS) is 1. The van der Waals surface area contributed by atoms with Gasteiger partial charge in [-0.1, -0.05) is 6.42 Å². The number of ether oxygens (including phenoxy) is 1. The van der Waals surface area contributed by atoms with E-state index in [9.17, 15) is 13.2 Å². The van der Waals surface area contributed by atoms with Crippen molar-refractivity contribution in [2.45, 2.75) is 30.2 Å². The average Bonchev–Trinajstić information content (AvgIpc) is 2.86. The quantitative estimate of drug-likeness (QED) is 0.818. The Kier molecular flexibility index (Phi) is 4.90. The molecule has 2 rings (SSSR count). The molecule has 8 heteroatoms. The first-order chi connectivity index (χ1) is 9.85. The lowest BCUT2D eigenvalue weighted by molar-refractivity contribution is -0.141. The monoisotopic (exact) mass is 377 g/mol. The molecule has 1 aliphatic rings. The van der Waals surface area contributed by atoms with Crippen LogP contribution in [0.2, 0.25) is 0 Å². The van der Waals surface area contributed by atoms with Crippen LogP contribution in [0.1, 0.15) is 19.3 Å². The molecule has 0 bridgehead atoms. The molecule has 0 aromatic heterocycles. The summed E-state index contributed by atoms with van der Waals surface area (Å²) in [7, 11) is -2.27. The van der Waals surface area contributed by atoms with Gasteiger partial charge in [0.1, 0.15) is 5.75 Å². The number of hydrogen-bond donors (Lipinski definition) is 2. The van der Waals surface area contributed by atoms with Gasteiger partial charge in [0, 0.05) is 6.04 Å². The number of rotatable bonds is 5. The highest BCUT2D eigenvalue weighted by molar-refractivity contribution is 9.10. The average molecular weight is 378 g/mol. The SMILES string of the molecule is COc1ccc(S(=O)(=O)NC2CCCC2C(=O)O)cc1Br. The molecule has 0 radical (unpaired) electrons. The fourth-order valence-corrected chi connectivity index (χ4v) is 4.51. The molecule has 0 heterocycles. The summed E-state index contributed by atoms with van der Waals surface area (Å²) in [6, 6.07) is 3.85. The predicted octanol–water partition coefficient (Wildman–Crippen LogP) is 1.99. The minimum atomic E-state index is -3.76. The van der Waals surface area contributed by atoms with Crippen molar-refractivity contribution in [1.29, 1.82) is 0 Å². The van der Waals surface area contributed by atoms with E-state index >= 15 is 0 Å². The molecule has 2 N–H and O–H groups in total. The van der Waals surface area contributed by atoms with Gasteiger partial charge in [-0.05, 0) is 47.0 Å². The van der Waals surface area contributed by atoms with Crippen LogP contribution < -0.4 is 9.46 Å². The Morgan fingerprint density at radius 1 is 1.43 bits per heavy atom. The molecule has 116 valence electrons. The second-order valence-electron chi connectivity index (χ2n) is 4.90. The van der Waals surface area contributed by atoms with Gasteiger partial charge in [0.15, 0.2) is 0 Å². The number of benzene rings is 1. The van der Waals surface area contributed by atoms with Crippen molar-refractivity contribution < 1.29 is 23.1 Å². The summed E-state index contributed by atoms with van der Waals surface area (Å²) in [6.45, 7) is 0. The molecule has 1 aromatic carbocycles. The van der Waals surface area contributed by atoms with Gasteiger partial charge < -0.3 is 9.84 Å². The maximum Gasteiger partial charge on any atom is 0.308 e. The van der Waals surface area contributed by atoms with Gasteiger partial charge >= 0.3 is 5.97 Å². The molecule has 6 nitrogen and oxygen atoms in total. The van der Waals surface area contributed by atoms with Gasteiger partial charge in [-0.3, -0.25) is 4.79 Å². The topological polar surface area (TPSA) is 92.7 Å². The largest absolute Gasteiger partial charge is 0.496 e. The molecule has 0 amide bonds. The Hall–Kier alpha value is -1.12. The number of hydrogen-bond acceptors (Lipinski definition) is 4. The zero-order valence-corrected chi connectivity index (χ0v) is 13.8. The van der Waals surface area contributed by atoms with Crippen molar-refractivity contribution in [3.8, 4) is 5.75 Å². The van der Waals surface area contributed by atoms with E-state index in [0.29, 0.717) is 29.5 Å². The Morgan fingerprint density at radius 2 is 2.14 bits per heavy atom. The minimum absolute atomic E-state index is 0.0752. The fraction of sp³-hybridized carbons (Fsp3) is 0.462. The second-order valence-corrected chi connectivity index (χ2v) is 7.47. The first-order valence-electron chi connectivity index (χ1n) is 6.44. The summed E-state index contributed by atoms with van der Waals surface area (Å²) >= 11 is 3.24. The lowest BCUT2D eigenvalue weighted by Crippen LogP contribution is -2.40. The number of aliphatic carboxylic acids is 1. The highest BCUT2D eigenvalue weighted by atomic mass is 79.9. The molecule has 2 unspecified atom stereocenters. The first-order valence-corrected chi connectivity index (χ1v) is 8.71. The van der Waals surface area contributed by atoms with Crippen molar-refractivity contribution in [3.63, 3.8) is 0 Å².